The number of benzene rings is 2. The number of ether oxygens (including phenoxy) is 1. The van der Waals surface area contributed by atoms with Gasteiger partial charge >= 0.3 is 0 Å². The maximum absolute atomic E-state index is 14.4. The van der Waals surface area contributed by atoms with Gasteiger partial charge in [0.2, 0.25) is 5.91 Å². The molecule has 1 aliphatic heterocycles. The van der Waals surface area contributed by atoms with E-state index >= 15 is 0 Å². The molecule has 2 fully saturated rings. The van der Waals surface area contributed by atoms with Crippen molar-refractivity contribution in [3.8, 4) is 5.75 Å². The van der Waals surface area contributed by atoms with E-state index in [-0.39, 0.29) is 42.8 Å². The zero-order valence-corrected chi connectivity index (χ0v) is 16.1. The first-order valence-corrected chi connectivity index (χ1v) is 9.93. The fourth-order valence-corrected chi connectivity index (χ4v) is 3.85. The Balaban J connectivity index is 1.38. The molecule has 2 unspecified atom stereocenters. The Bertz CT molecular complexity index is 878. The third kappa shape index (κ3) is 4.74. The lowest BCUT2D eigenvalue weighted by molar-refractivity contribution is -0.129. The molecule has 0 aromatic heterocycles. The highest BCUT2D eigenvalue weighted by Crippen LogP contribution is 2.46. The van der Waals surface area contributed by atoms with Crippen molar-refractivity contribution in [2.45, 2.75) is 37.5 Å². The van der Waals surface area contributed by atoms with Crippen LogP contribution in [0.15, 0.2) is 42.5 Å². The molecule has 2 aromatic carbocycles. The van der Waals surface area contributed by atoms with Crippen LogP contribution in [0.2, 0.25) is 0 Å². The zero-order valence-electron chi connectivity index (χ0n) is 16.1. The molecule has 2 aromatic rings. The van der Waals surface area contributed by atoms with Gasteiger partial charge in [-0.15, -0.1) is 0 Å². The second kappa shape index (κ2) is 8.47. The summed E-state index contributed by atoms with van der Waals surface area (Å²) in [5, 5.41) is 3.20. The minimum Gasteiger partial charge on any atom is -0.486 e. The number of halogens is 2. The molecule has 7 heteroatoms. The molecule has 4 rings (SSSR count). The lowest BCUT2D eigenvalue weighted by Gasteiger charge is -2.16. The van der Waals surface area contributed by atoms with Gasteiger partial charge in [0.25, 0.3) is 0 Å². The Morgan fingerprint density at radius 2 is 2.03 bits per heavy atom. The number of hydrogen-bond donors (Lipinski definition) is 2. The van der Waals surface area contributed by atoms with Crippen LogP contribution in [0.3, 0.4) is 0 Å². The average Bonchev–Trinajstić information content (AvgIpc) is 3.35. The molecule has 5 nitrogen and oxygen atoms in total. The Morgan fingerprint density at radius 1 is 1.24 bits per heavy atom. The Labute approximate surface area is 168 Å². The number of nitrogens with zero attached hydrogens (tertiary/aromatic N) is 1. The highest BCUT2D eigenvalue weighted by molar-refractivity contribution is 5.78. The van der Waals surface area contributed by atoms with E-state index in [2.05, 4.69) is 5.32 Å². The van der Waals surface area contributed by atoms with Gasteiger partial charge in [0, 0.05) is 42.7 Å². The standard InChI is InChI=1S/C22H25F2N3O2/c23-15-8-18(22(19(24)9-15)29-13-14-4-2-1-3-5-14)17-10-20(17)26-11-21(28)27-7-6-16(25)12-27/h1-5,8-9,16-17,20,26H,6-7,10-13,25H2/t16-,17?,20?/m0/s1. The summed E-state index contributed by atoms with van der Waals surface area (Å²) in [7, 11) is 0. The number of likely N-dealkylation sites (tertiary alicyclic amines) is 1. The van der Waals surface area contributed by atoms with Gasteiger partial charge in [0.1, 0.15) is 12.4 Å². The Kier molecular flexibility index (Phi) is 5.78. The smallest absolute Gasteiger partial charge is 0.236 e. The molecule has 1 heterocycles. The van der Waals surface area contributed by atoms with E-state index in [4.69, 9.17) is 10.5 Å². The molecule has 1 aliphatic carbocycles. The van der Waals surface area contributed by atoms with Gasteiger partial charge < -0.3 is 20.7 Å². The van der Waals surface area contributed by atoms with Gasteiger partial charge in [0.05, 0.1) is 6.54 Å². The van der Waals surface area contributed by atoms with Gasteiger partial charge in [0.15, 0.2) is 11.6 Å². The number of carbonyl (C=O) groups is 1. The minimum absolute atomic E-state index is 0.00416. The van der Waals surface area contributed by atoms with Gasteiger partial charge in [-0.25, -0.2) is 8.78 Å². The molecule has 29 heavy (non-hydrogen) atoms. The van der Waals surface area contributed by atoms with Crippen LogP contribution in [0.1, 0.15) is 29.9 Å². The van der Waals surface area contributed by atoms with Crippen molar-refractivity contribution in [3.63, 3.8) is 0 Å². The summed E-state index contributed by atoms with van der Waals surface area (Å²) >= 11 is 0. The van der Waals surface area contributed by atoms with Crippen LogP contribution in [0.5, 0.6) is 5.75 Å². The molecule has 1 saturated carbocycles. The normalized spacial score (nSPS) is 23.3. The summed E-state index contributed by atoms with van der Waals surface area (Å²) in [6, 6.07) is 11.6. The van der Waals surface area contributed by atoms with E-state index in [0.717, 1.165) is 18.1 Å². The van der Waals surface area contributed by atoms with Crippen LogP contribution in [0.25, 0.3) is 0 Å². The van der Waals surface area contributed by atoms with Crippen molar-refractivity contribution in [1.82, 2.24) is 10.2 Å². The maximum atomic E-state index is 14.4. The molecule has 154 valence electrons. The SMILES string of the molecule is N[C@H]1CCN(C(=O)CNC2CC2c2cc(F)cc(F)c2OCc2ccccc2)C1. The number of nitrogens with one attached hydrogen (secondary N) is 1. The maximum Gasteiger partial charge on any atom is 0.236 e. The summed E-state index contributed by atoms with van der Waals surface area (Å²) < 4.78 is 34.0. The highest BCUT2D eigenvalue weighted by Gasteiger charge is 2.41. The van der Waals surface area contributed by atoms with E-state index in [1.165, 1.54) is 6.07 Å². The third-order valence-corrected chi connectivity index (χ3v) is 5.55. The molecule has 2 aliphatic rings. The monoisotopic (exact) mass is 401 g/mol. The lowest BCUT2D eigenvalue weighted by Crippen LogP contribution is -2.39. The van der Waals surface area contributed by atoms with E-state index < -0.39 is 11.6 Å². The predicted octanol–water partition coefficient (Wildman–Crippen LogP) is 2.55. The first-order chi connectivity index (χ1) is 14.0. The topological polar surface area (TPSA) is 67.6 Å². The van der Waals surface area contributed by atoms with Crippen LogP contribution in [-0.2, 0) is 11.4 Å². The van der Waals surface area contributed by atoms with Crippen LogP contribution < -0.4 is 15.8 Å². The zero-order chi connectivity index (χ0) is 20.4. The Hall–Kier alpha value is -2.51. The van der Waals surface area contributed by atoms with Crippen molar-refractivity contribution < 1.29 is 18.3 Å². The largest absolute Gasteiger partial charge is 0.486 e. The van der Waals surface area contributed by atoms with Crippen LogP contribution >= 0.6 is 0 Å². The van der Waals surface area contributed by atoms with Gasteiger partial charge in [-0.3, -0.25) is 4.79 Å². The highest BCUT2D eigenvalue weighted by atomic mass is 19.1. The van der Waals surface area contributed by atoms with Crippen molar-refractivity contribution in [2.24, 2.45) is 5.73 Å². The third-order valence-electron chi connectivity index (χ3n) is 5.55. The number of nitrogens with two attached hydrogens (primary N) is 1. The second-order valence-corrected chi connectivity index (χ2v) is 7.80. The average molecular weight is 401 g/mol. The number of carbonyl (C=O) groups excluding carboxylic acids is 1. The molecule has 1 amide bonds. The lowest BCUT2D eigenvalue weighted by atomic mass is 10.1. The van der Waals surface area contributed by atoms with Crippen molar-refractivity contribution >= 4 is 5.91 Å². The molecular formula is C22H25F2N3O2. The summed E-state index contributed by atoms with van der Waals surface area (Å²) in [6.45, 7) is 1.67. The quantitative estimate of drug-likeness (QED) is 0.748. The molecule has 0 spiro atoms. The molecule has 0 radical (unpaired) electrons. The summed E-state index contributed by atoms with van der Waals surface area (Å²) in [5.74, 6) is -1.32. The van der Waals surface area contributed by atoms with E-state index in [0.29, 0.717) is 25.1 Å². The van der Waals surface area contributed by atoms with Crippen LogP contribution in [0.4, 0.5) is 8.78 Å². The minimum atomic E-state index is -0.705. The molecule has 1 saturated heterocycles. The van der Waals surface area contributed by atoms with Crippen molar-refractivity contribution in [1.29, 1.82) is 0 Å². The number of amides is 1. The van der Waals surface area contributed by atoms with Gasteiger partial charge in [-0.1, -0.05) is 30.3 Å². The van der Waals surface area contributed by atoms with Crippen LogP contribution in [0, 0.1) is 11.6 Å². The van der Waals surface area contributed by atoms with Crippen molar-refractivity contribution in [3.05, 3.63) is 65.2 Å². The van der Waals surface area contributed by atoms with Crippen molar-refractivity contribution in [2.75, 3.05) is 19.6 Å². The summed E-state index contributed by atoms with van der Waals surface area (Å²) in [5.41, 5.74) is 7.26. The second-order valence-electron chi connectivity index (χ2n) is 7.80. The van der Waals surface area contributed by atoms with E-state index in [9.17, 15) is 13.6 Å². The van der Waals surface area contributed by atoms with E-state index in [1.807, 2.05) is 30.3 Å². The first-order valence-electron chi connectivity index (χ1n) is 9.93. The first kappa shape index (κ1) is 19.8. The number of rotatable bonds is 7. The molecule has 0 bridgehead atoms. The van der Waals surface area contributed by atoms with Crippen LogP contribution in [-0.4, -0.2) is 42.5 Å². The Morgan fingerprint density at radius 3 is 2.76 bits per heavy atom. The fourth-order valence-electron chi connectivity index (χ4n) is 3.85. The van der Waals surface area contributed by atoms with E-state index in [1.54, 1.807) is 4.90 Å². The summed E-state index contributed by atoms with van der Waals surface area (Å²) in [4.78, 5) is 14.0. The molecule has 3 N–H and O–H groups in total. The predicted molar refractivity (Wildman–Crippen MR) is 105 cm³/mol. The van der Waals surface area contributed by atoms with Gasteiger partial charge in [-0.05, 0) is 24.5 Å². The summed E-state index contributed by atoms with van der Waals surface area (Å²) in [6.07, 6.45) is 1.53. The molecule has 3 atom stereocenters. The number of hydrogen-bond acceptors (Lipinski definition) is 4. The molecular weight excluding hydrogens is 376 g/mol. The van der Waals surface area contributed by atoms with Gasteiger partial charge in [-0.2, -0.15) is 0 Å². The fraction of sp³-hybridized carbons (Fsp3) is 0.409.